The molecule has 1 saturated carbocycles. The van der Waals surface area contributed by atoms with E-state index in [-0.39, 0.29) is 11.8 Å². The van der Waals surface area contributed by atoms with Gasteiger partial charge in [0.25, 0.3) is 5.91 Å². The van der Waals surface area contributed by atoms with Crippen molar-refractivity contribution in [1.29, 1.82) is 0 Å². The van der Waals surface area contributed by atoms with Gasteiger partial charge in [0.15, 0.2) is 0 Å². The minimum Gasteiger partial charge on any atom is -0.352 e. The van der Waals surface area contributed by atoms with Gasteiger partial charge in [-0.05, 0) is 31.0 Å². The molecule has 8 nitrogen and oxygen atoms in total. The fraction of sp³-hybridized carbons (Fsp3) is 0.524. The predicted molar refractivity (Wildman–Crippen MR) is 109 cm³/mol. The number of carbonyl (C=O) groups is 2. The molecule has 2 aliphatic rings. The summed E-state index contributed by atoms with van der Waals surface area (Å²) in [5, 5.41) is 7.29. The van der Waals surface area contributed by atoms with Crippen molar-refractivity contribution in [3.63, 3.8) is 0 Å². The Morgan fingerprint density at radius 2 is 1.86 bits per heavy atom. The highest BCUT2D eigenvalue weighted by Gasteiger charge is 2.24. The van der Waals surface area contributed by atoms with Crippen LogP contribution < -0.4 is 5.32 Å². The number of nitrogens with zero attached hydrogens (tertiary/aromatic N) is 5. The van der Waals surface area contributed by atoms with E-state index in [1.165, 1.54) is 25.6 Å². The van der Waals surface area contributed by atoms with Gasteiger partial charge in [-0.2, -0.15) is 5.10 Å². The van der Waals surface area contributed by atoms with Crippen molar-refractivity contribution in [2.24, 2.45) is 0 Å². The van der Waals surface area contributed by atoms with E-state index in [9.17, 15) is 9.59 Å². The van der Waals surface area contributed by atoms with E-state index in [0.717, 1.165) is 18.5 Å². The summed E-state index contributed by atoms with van der Waals surface area (Å²) in [6.07, 6.45) is 8.99. The Morgan fingerprint density at radius 3 is 2.59 bits per heavy atom. The number of amides is 2. The maximum Gasteiger partial charge on any atom is 0.254 e. The molecule has 0 bridgehead atoms. The van der Waals surface area contributed by atoms with Crippen molar-refractivity contribution in [1.82, 2.24) is 29.9 Å². The lowest BCUT2D eigenvalue weighted by atomic mass is 9.95. The van der Waals surface area contributed by atoms with E-state index in [1.54, 1.807) is 11.0 Å². The van der Waals surface area contributed by atoms with E-state index < -0.39 is 0 Å². The summed E-state index contributed by atoms with van der Waals surface area (Å²) in [4.78, 5) is 33.2. The number of piperazine rings is 1. The Hall–Kier alpha value is -2.74. The van der Waals surface area contributed by atoms with Gasteiger partial charge in [0.1, 0.15) is 12.7 Å². The first-order valence-electron chi connectivity index (χ1n) is 10.4. The molecule has 0 unspecified atom stereocenters. The molecule has 2 fully saturated rings. The van der Waals surface area contributed by atoms with Gasteiger partial charge in [0.05, 0.1) is 12.2 Å². The largest absolute Gasteiger partial charge is 0.352 e. The first-order valence-corrected chi connectivity index (χ1v) is 10.4. The molecule has 0 atom stereocenters. The number of carbonyl (C=O) groups excluding carboxylic acids is 2. The molecule has 154 valence electrons. The third kappa shape index (κ3) is 5.00. The predicted octanol–water partition coefficient (Wildman–Crippen LogP) is 1.47. The zero-order chi connectivity index (χ0) is 20.1. The standard InChI is InChI=1S/C21H28N6O2/c28-20(24-18-6-2-1-3-7-18)14-25-9-11-26(12-10-25)21(29)17-5-4-8-19(13-17)27-16-22-15-23-27/h4-5,8,13,15-16,18H,1-3,6-7,9-12,14H2,(H,24,28). The number of rotatable bonds is 5. The summed E-state index contributed by atoms with van der Waals surface area (Å²) in [7, 11) is 0. The molecule has 2 aromatic rings. The number of hydrogen-bond acceptors (Lipinski definition) is 5. The number of benzene rings is 1. The summed E-state index contributed by atoms with van der Waals surface area (Å²) in [6.45, 7) is 3.10. The molecule has 2 amide bonds. The quantitative estimate of drug-likeness (QED) is 0.828. The number of nitrogens with one attached hydrogen (secondary N) is 1. The van der Waals surface area contributed by atoms with Crippen LogP contribution in [-0.4, -0.2) is 75.1 Å². The van der Waals surface area contributed by atoms with Crippen LogP contribution in [0.15, 0.2) is 36.9 Å². The van der Waals surface area contributed by atoms with Gasteiger partial charge in [-0.1, -0.05) is 25.3 Å². The molecule has 1 aliphatic heterocycles. The Kier molecular flexibility index (Phi) is 6.19. The fourth-order valence-electron chi connectivity index (χ4n) is 4.14. The minimum atomic E-state index is 0.0123. The van der Waals surface area contributed by atoms with Crippen molar-refractivity contribution >= 4 is 11.8 Å². The summed E-state index contributed by atoms with van der Waals surface area (Å²) in [5.74, 6) is 0.121. The number of hydrogen-bond donors (Lipinski definition) is 1. The average molecular weight is 396 g/mol. The van der Waals surface area contributed by atoms with Gasteiger partial charge in [-0.25, -0.2) is 9.67 Å². The lowest BCUT2D eigenvalue weighted by Gasteiger charge is -2.34. The van der Waals surface area contributed by atoms with Crippen molar-refractivity contribution < 1.29 is 9.59 Å². The smallest absolute Gasteiger partial charge is 0.254 e. The van der Waals surface area contributed by atoms with Crippen molar-refractivity contribution in [2.75, 3.05) is 32.7 Å². The van der Waals surface area contributed by atoms with Gasteiger partial charge >= 0.3 is 0 Å². The molecule has 1 aromatic carbocycles. The van der Waals surface area contributed by atoms with Crippen LogP contribution >= 0.6 is 0 Å². The molecule has 1 saturated heterocycles. The van der Waals surface area contributed by atoms with E-state index in [1.807, 2.05) is 29.2 Å². The lowest BCUT2D eigenvalue weighted by molar-refractivity contribution is -0.123. The second kappa shape index (κ2) is 9.17. The Bertz CT molecular complexity index is 823. The first kappa shape index (κ1) is 19.6. The summed E-state index contributed by atoms with van der Waals surface area (Å²) in [5.41, 5.74) is 1.45. The van der Waals surface area contributed by atoms with E-state index >= 15 is 0 Å². The Morgan fingerprint density at radius 1 is 1.07 bits per heavy atom. The second-order valence-electron chi connectivity index (χ2n) is 7.86. The van der Waals surface area contributed by atoms with Gasteiger partial charge in [-0.15, -0.1) is 0 Å². The molecule has 29 heavy (non-hydrogen) atoms. The summed E-state index contributed by atoms with van der Waals surface area (Å²) >= 11 is 0. The average Bonchev–Trinajstić information content (AvgIpc) is 3.30. The highest BCUT2D eigenvalue weighted by Crippen LogP contribution is 2.17. The third-order valence-electron chi connectivity index (χ3n) is 5.77. The molecular formula is C21H28N6O2. The van der Waals surface area contributed by atoms with E-state index in [2.05, 4.69) is 20.3 Å². The molecule has 1 aromatic heterocycles. The van der Waals surface area contributed by atoms with Crippen LogP contribution in [0.3, 0.4) is 0 Å². The molecule has 1 aliphatic carbocycles. The topological polar surface area (TPSA) is 83.4 Å². The third-order valence-corrected chi connectivity index (χ3v) is 5.77. The summed E-state index contributed by atoms with van der Waals surface area (Å²) < 4.78 is 1.64. The van der Waals surface area contributed by atoms with Crippen LogP contribution in [0.25, 0.3) is 5.69 Å². The van der Waals surface area contributed by atoms with Crippen molar-refractivity contribution in [3.8, 4) is 5.69 Å². The van der Waals surface area contributed by atoms with E-state index in [4.69, 9.17) is 0 Å². The van der Waals surface area contributed by atoms with Gasteiger partial charge in [0, 0.05) is 37.8 Å². The highest BCUT2D eigenvalue weighted by molar-refractivity contribution is 5.94. The maximum atomic E-state index is 12.9. The van der Waals surface area contributed by atoms with Gasteiger partial charge < -0.3 is 10.2 Å². The Balaban J connectivity index is 1.27. The van der Waals surface area contributed by atoms with Crippen molar-refractivity contribution in [2.45, 2.75) is 38.1 Å². The first-order chi connectivity index (χ1) is 14.2. The molecule has 2 heterocycles. The zero-order valence-electron chi connectivity index (χ0n) is 16.7. The van der Waals surface area contributed by atoms with Gasteiger partial charge in [0.2, 0.25) is 5.91 Å². The number of aromatic nitrogens is 3. The fourth-order valence-corrected chi connectivity index (χ4v) is 4.14. The van der Waals surface area contributed by atoms with Crippen LogP contribution in [0.5, 0.6) is 0 Å². The maximum absolute atomic E-state index is 12.9. The minimum absolute atomic E-state index is 0.0123. The molecule has 4 rings (SSSR count). The zero-order valence-corrected chi connectivity index (χ0v) is 16.7. The van der Waals surface area contributed by atoms with Gasteiger partial charge in [-0.3, -0.25) is 14.5 Å². The SMILES string of the molecule is O=C(CN1CCN(C(=O)c2cccc(-n3cncn3)c2)CC1)NC1CCCCC1. The van der Waals surface area contributed by atoms with Crippen LogP contribution in [0, 0.1) is 0 Å². The van der Waals surface area contributed by atoms with Crippen LogP contribution in [0.2, 0.25) is 0 Å². The Labute approximate surface area is 170 Å². The van der Waals surface area contributed by atoms with E-state index in [0.29, 0.717) is 44.3 Å². The monoisotopic (exact) mass is 396 g/mol. The normalized spacial score (nSPS) is 18.6. The van der Waals surface area contributed by atoms with Crippen LogP contribution in [0.1, 0.15) is 42.5 Å². The highest BCUT2D eigenvalue weighted by atomic mass is 16.2. The van der Waals surface area contributed by atoms with Crippen LogP contribution in [0.4, 0.5) is 0 Å². The van der Waals surface area contributed by atoms with Crippen molar-refractivity contribution in [3.05, 3.63) is 42.5 Å². The van der Waals surface area contributed by atoms with Crippen LogP contribution in [-0.2, 0) is 4.79 Å². The second-order valence-corrected chi connectivity index (χ2v) is 7.86. The molecule has 0 radical (unpaired) electrons. The molecular weight excluding hydrogens is 368 g/mol. The lowest BCUT2D eigenvalue weighted by Crippen LogP contribution is -2.52. The molecule has 8 heteroatoms. The molecule has 1 N–H and O–H groups in total. The summed E-state index contributed by atoms with van der Waals surface area (Å²) in [6, 6.07) is 7.76. The molecule has 0 spiro atoms.